The molecule has 1 rings (SSSR count). The molecule has 106 valence electrons. The van der Waals surface area contributed by atoms with Gasteiger partial charge in [0, 0.05) is 12.8 Å². The molecule has 1 unspecified atom stereocenters. The Labute approximate surface area is 114 Å². The van der Waals surface area contributed by atoms with E-state index in [1.165, 1.54) is 12.1 Å². The lowest BCUT2D eigenvalue weighted by molar-refractivity contribution is -0.122. The van der Waals surface area contributed by atoms with Crippen molar-refractivity contribution < 1.29 is 13.2 Å². The minimum Gasteiger partial charge on any atom is -0.351 e. The second kappa shape index (κ2) is 6.68. The molecule has 0 spiro atoms. The second-order valence-corrected chi connectivity index (χ2v) is 6.54. The summed E-state index contributed by atoms with van der Waals surface area (Å²) in [5.74, 6) is -0.186. The van der Waals surface area contributed by atoms with Crippen molar-refractivity contribution in [2.75, 3.05) is 6.26 Å². The van der Waals surface area contributed by atoms with Crippen LogP contribution in [0.4, 0.5) is 0 Å². The highest BCUT2D eigenvalue weighted by atomic mass is 32.2. The number of nitrogens with two attached hydrogens (primary N) is 1. The number of hydrogen-bond acceptors (Lipinski definition) is 4. The van der Waals surface area contributed by atoms with E-state index in [-0.39, 0.29) is 10.8 Å². The van der Waals surface area contributed by atoms with Gasteiger partial charge in [-0.05, 0) is 24.1 Å². The van der Waals surface area contributed by atoms with Crippen LogP contribution in [0, 0.1) is 0 Å². The zero-order valence-electron chi connectivity index (χ0n) is 11.2. The SMILES string of the molecule is CCCC(N)C(=O)NCc1ccc(S(C)(=O)=O)cc1. The number of hydrogen-bond donors (Lipinski definition) is 2. The lowest BCUT2D eigenvalue weighted by atomic mass is 10.1. The van der Waals surface area contributed by atoms with E-state index in [2.05, 4.69) is 5.32 Å². The molecule has 6 heteroatoms. The topological polar surface area (TPSA) is 89.3 Å². The van der Waals surface area contributed by atoms with E-state index < -0.39 is 15.9 Å². The number of carbonyl (C=O) groups excluding carboxylic acids is 1. The maximum atomic E-state index is 11.6. The average Bonchev–Trinajstić information content (AvgIpc) is 2.35. The number of benzene rings is 1. The Balaban J connectivity index is 2.58. The first-order valence-corrected chi connectivity index (χ1v) is 8.06. The fourth-order valence-electron chi connectivity index (χ4n) is 1.62. The van der Waals surface area contributed by atoms with Crippen LogP contribution in [-0.4, -0.2) is 26.6 Å². The molecule has 0 heterocycles. The van der Waals surface area contributed by atoms with Gasteiger partial charge in [-0.15, -0.1) is 0 Å². The average molecular weight is 284 g/mol. The van der Waals surface area contributed by atoms with E-state index in [0.717, 1.165) is 18.2 Å². The van der Waals surface area contributed by atoms with E-state index >= 15 is 0 Å². The van der Waals surface area contributed by atoms with Crippen molar-refractivity contribution in [1.82, 2.24) is 5.32 Å². The summed E-state index contributed by atoms with van der Waals surface area (Å²) in [5.41, 5.74) is 6.52. The van der Waals surface area contributed by atoms with Gasteiger partial charge >= 0.3 is 0 Å². The quantitative estimate of drug-likeness (QED) is 0.810. The molecule has 0 aliphatic carbocycles. The van der Waals surface area contributed by atoms with Crippen molar-refractivity contribution >= 4 is 15.7 Å². The summed E-state index contributed by atoms with van der Waals surface area (Å²) in [6.07, 6.45) is 2.67. The molecular weight excluding hydrogens is 264 g/mol. The molecule has 0 radical (unpaired) electrons. The number of nitrogens with one attached hydrogen (secondary N) is 1. The molecule has 0 saturated heterocycles. The smallest absolute Gasteiger partial charge is 0.237 e. The number of carbonyl (C=O) groups is 1. The highest BCUT2D eigenvalue weighted by Gasteiger charge is 2.11. The van der Waals surface area contributed by atoms with Crippen LogP contribution in [0.5, 0.6) is 0 Å². The largest absolute Gasteiger partial charge is 0.351 e. The van der Waals surface area contributed by atoms with Gasteiger partial charge in [0.2, 0.25) is 5.91 Å². The van der Waals surface area contributed by atoms with Crippen molar-refractivity contribution in [3.8, 4) is 0 Å². The Morgan fingerprint density at radius 3 is 2.37 bits per heavy atom. The van der Waals surface area contributed by atoms with Gasteiger partial charge < -0.3 is 11.1 Å². The Kier molecular flexibility index (Phi) is 5.50. The van der Waals surface area contributed by atoms with Gasteiger partial charge in [-0.25, -0.2) is 8.42 Å². The maximum absolute atomic E-state index is 11.6. The van der Waals surface area contributed by atoms with Crippen LogP contribution >= 0.6 is 0 Å². The summed E-state index contributed by atoms with van der Waals surface area (Å²) in [7, 11) is -3.18. The lowest BCUT2D eigenvalue weighted by Gasteiger charge is -2.11. The molecule has 0 aromatic heterocycles. The highest BCUT2D eigenvalue weighted by Crippen LogP contribution is 2.10. The monoisotopic (exact) mass is 284 g/mol. The van der Waals surface area contributed by atoms with Gasteiger partial charge in [-0.1, -0.05) is 25.5 Å². The van der Waals surface area contributed by atoms with Crippen molar-refractivity contribution in [1.29, 1.82) is 0 Å². The zero-order valence-corrected chi connectivity index (χ0v) is 12.0. The van der Waals surface area contributed by atoms with Crippen molar-refractivity contribution in [2.45, 2.75) is 37.2 Å². The van der Waals surface area contributed by atoms with Crippen LogP contribution in [0.1, 0.15) is 25.3 Å². The first kappa shape index (κ1) is 15.7. The second-order valence-electron chi connectivity index (χ2n) is 4.53. The Hall–Kier alpha value is -1.40. The molecule has 0 saturated carbocycles. The standard InChI is InChI=1S/C13H20N2O3S/c1-3-4-12(14)13(16)15-9-10-5-7-11(8-6-10)19(2,17)18/h5-8,12H,3-4,9,14H2,1-2H3,(H,15,16). The Morgan fingerprint density at radius 1 is 1.32 bits per heavy atom. The molecule has 0 aliphatic rings. The molecule has 1 aromatic rings. The highest BCUT2D eigenvalue weighted by molar-refractivity contribution is 7.90. The molecule has 5 nitrogen and oxygen atoms in total. The minimum atomic E-state index is -3.18. The lowest BCUT2D eigenvalue weighted by Crippen LogP contribution is -2.40. The first-order valence-electron chi connectivity index (χ1n) is 6.17. The maximum Gasteiger partial charge on any atom is 0.237 e. The molecule has 0 bridgehead atoms. The predicted molar refractivity (Wildman–Crippen MR) is 74.3 cm³/mol. The van der Waals surface area contributed by atoms with E-state index in [4.69, 9.17) is 5.73 Å². The summed E-state index contributed by atoms with van der Waals surface area (Å²) >= 11 is 0. The summed E-state index contributed by atoms with van der Waals surface area (Å²) < 4.78 is 22.6. The van der Waals surface area contributed by atoms with E-state index in [1.54, 1.807) is 12.1 Å². The van der Waals surface area contributed by atoms with Crippen molar-refractivity contribution in [3.63, 3.8) is 0 Å². The molecule has 3 N–H and O–H groups in total. The van der Waals surface area contributed by atoms with Gasteiger partial charge in [0.15, 0.2) is 9.84 Å². The normalized spacial score (nSPS) is 13.0. The van der Waals surface area contributed by atoms with Crippen LogP contribution in [-0.2, 0) is 21.2 Å². The third-order valence-electron chi connectivity index (χ3n) is 2.75. The zero-order chi connectivity index (χ0) is 14.5. The van der Waals surface area contributed by atoms with Crippen molar-refractivity contribution in [2.24, 2.45) is 5.73 Å². The van der Waals surface area contributed by atoms with E-state index in [9.17, 15) is 13.2 Å². The van der Waals surface area contributed by atoms with Crippen LogP contribution in [0.25, 0.3) is 0 Å². The van der Waals surface area contributed by atoms with Gasteiger partial charge in [-0.2, -0.15) is 0 Å². The number of sulfone groups is 1. The summed E-state index contributed by atoms with van der Waals surface area (Å²) in [6, 6.07) is 5.94. The Morgan fingerprint density at radius 2 is 1.89 bits per heavy atom. The molecule has 1 aromatic carbocycles. The van der Waals surface area contributed by atoms with Gasteiger partial charge in [0.05, 0.1) is 10.9 Å². The van der Waals surface area contributed by atoms with E-state index in [0.29, 0.717) is 13.0 Å². The summed E-state index contributed by atoms with van der Waals surface area (Å²) in [6.45, 7) is 2.32. The number of rotatable bonds is 6. The summed E-state index contributed by atoms with van der Waals surface area (Å²) in [5, 5.41) is 2.73. The molecule has 19 heavy (non-hydrogen) atoms. The Bertz CT molecular complexity index is 523. The molecule has 1 atom stereocenters. The third kappa shape index (κ3) is 5.00. The molecule has 0 aliphatic heterocycles. The van der Waals surface area contributed by atoms with E-state index in [1.807, 2.05) is 6.92 Å². The van der Waals surface area contributed by atoms with Gasteiger partial charge in [-0.3, -0.25) is 4.79 Å². The fourth-order valence-corrected chi connectivity index (χ4v) is 2.25. The minimum absolute atomic E-state index is 0.186. The fraction of sp³-hybridized carbons (Fsp3) is 0.462. The van der Waals surface area contributed by atoms with Crippen molar-refractivity contribution in [3.05, 3.63) is 29.8 Å². The molecule has 0 fully saturated rings. The number of amides is 1. The first-order chi connectivity index (χ1) is 8.84. The van der Waals surface area contributed by atoms with Crippen LogP contribution in [0.15, 0.2) is 29.2 Å². The molecular formula is C13H20N2O3S. The van der Waals surface area contributed by atoms with Crippen LogP contribution < -0.4 is 11.1 Å². The van der Waals surface area contributed by atoms with Crippen LogP contribution in [0.3, 0.4) is 0 Å². The van der Waals surface area contributed by atoms with Gasteiger partial charge in [0.1, 0.15) is 0 Å². The third-order valence-corrected chi connectivity index (χ3v) is 3.88. The summed E-state index contributed by atoms with van der Waals surface area (Å²) in [4.78, 5) is 11.9. The molecule has 1 amide bonds. The predicted octanol–water partition coefficient (Wildman–Crippen LogP) is 0.834. The van der Waals surface area contributed by atoms with Gasteiger partial charge in [0.25, 0.3) is 0 Å². The van der Waals surface area contributed by atoms with Crippen LogP contribution in [0.2, 0.25) is 0 Å².